The fourth-order valence-corrected chi connectivity index (χ4v) is 3.42. The van der Waals surface area contributed by atoms with Crippen molar-refractivity contribution in [3.8, 4) is 0 Å². The lowest BCUT2D eigenvalue weighted by Gasteiger charge is -2.24. The summed E-state index contributed by atoms with van der Waals surface area (Å²) >= 11 is 0. The van der Waals surface area contributed by atoms with Crippen molar-refractivity contribution in [2.45, 2.75) is 39.8 Å². The van der Waals surface area contributed by atoms with E-state index < -0.39 is 0 Å². The molecule has 0 unspecified atom stereocenters. The Bertz CT molecular complexity index is 710. The highest BCUT2D eigenvalue weighted by atomic mass is 16.5. The van der Waals surface area contributed by atoms with Crippen LogP contribution in [0.1, 0.15) is 30.2 Å². The highest BCUT2D eigenvalue weighted by molar-refractivity contribution is 5.76. The van der Waals surface area contributed by atoms with E-state index in [0.29, 0.717) is 32.1 Å². The summed E-state index contributed by atoms with van der Waals surface area (Å²) in [6, 6.07) is 8.28. The van der Waals surface area contributed by atoms with Gasteiger partial charge in [0.05, 0.1) is 25.2 Å². The Morgan fingerprint density at radius 1 is 1.32 bits per heavy atom. The summed E-state index contributed by atoms with van der Waals surface area (Å²) < 4.78 is 7.77. The quantitative estimate of drug-likeness (QED) is 0.812. The van der Waals surface area contributed by atoms with Crippen LogP contribution in [0.4, 0.5) is 0 Å². The van der Waals surface area contributed by atoms with E-state index in [1.54, 1.807) is 0 Å². The van der Waals surface area contributed by atoms with Crippen LogP contribution in [0.5, 0.6) is 0 Å². The molecule has 0 spiro atoms. The number of ether oxygens (including phenoxy) is 1. The maximum atomic E-state index is 12.8. The fraction of sp³-hybridized carbons (Fsp3) is 0.500. The number of fused-ring (bicyclic) bond motifs is 1. The van der Waals surface area contributed by atoms with Gasteiger partial charge in [0.1, 0.15) is 0 Å². The van der Waals surface area contributed by atoms with Gasteiger partial charge < -0.3 is 14.2 Å². The molecule has 2 heterocycles. The Kier molecular flexibility index (Phi) is 5.87. The molecule has 1 amide bonds. The van der Waals surface area contributed by atoms with Gasteiger partial charge in [0.2, 0.25) is 5.91 Å². The number of imidazole rings is 1. The van der Waals surface area contributed by atoms with E-state index in [0.717, 1.165) is 25.2 Å². The van der Waals surface area contributed by atoms with Gasteiger partial charge in [0, 0.05) is 38.2 Å². The van der Waals surface area contributed by atoms with Crippen LogP contribution in [0, 0.1) is 12.8 Å². The Hall–Kier alpha value is -2.14. The third-order valence-electron chi connectivity index (χ3n) is 4.86. The third kappa shape index (κ3) is 4.48. The van der Waals surface area contributed by atoms with Crippen LogP contribution in [-0.2, 0) is 29.0 Å². The van der Waals surface area contributed by atoms with Crippen LogP contribution in [0.15, 0.2) is 36.8 Å². The number of rotatable bonds is 6. The lowest BCUT2D eigenvalue weighted by molar-refractivity contribution is -0.132. The normalized spacial score (nSPS) is 17.2. The van der Waals surface area contributed by atoms with Crippen molar-refractivity contribution in [2.75, 3.05) is 19.8 Å². The van der Waals surface area contributed by atoms with Crippen molar-refractivity contribution in [3.63, 3.8) is 0 Å². The molecule has 0 saturated heterocycles. The van der Waals surface area contributed by atoms with Gasteiger partial charge in [0.25, 0.3) is 0 Å². The standard InChI is InChI=1S/C20H27N3O2/c1-3-25-14-17-11-22(13-19-10-21-15-23(19)12-17)20(24)9-8-18-7-5-4-6-16(18)2/h4-7,10,15,17H,3,8-9,11-14H2,1-2H3/t17-/m1/s1. The number of aromatic nitrogens is 2. The summed E-state index contributed by atoms with van der Waals surface area (Å²) in [5, 5.41) is 0. The second-order valence-corrected chi connectivity index (χ2v) is 6.76. The third-order valence-corrected chi connectivity index (χ3v) is 4.86. The number of amides is 1. The van der Waals surface area contributed by atoms with E-state index >= 15 is 0 Å². The van der Waals surface area contributed by atoms with Crippen molar-refractivity contribution in [3.05, 3.63) is 53.6 Å². The van der Waals surface area contributed by atoms with Crippen LogP contribution in [0.2, 0.25) is 0 Å². The Morgan fingerprint density at radius 3 is 2.96 bits per heavy atom. The van der Waals surface area contributed by atoms with Crippen molar-refractivity contribution < 1.29 is 9.53 Å². The molecule has 0 saturated carbocycles. The molecule has 1 aliphatic rings. The van der Waals surface area contributed by atoms with E-state index in [-0.39, 0.29) is 5.91 Å². The summed E-state index contributed by atoms with van der Waals surface area (Å²) in [5.74, 6) is 0.511. The predicted molar refractivity (Wildman–Crippen MR) is 97.1 cm³/mol. The number of carbonyl (C=O) groups is 1. The molecule has 25 heavy (non-hydrogen) atoms. The minimum Gasteiger partial charge on any atom is -0.381 e. The first-order chi connectivity index (χ1) is 12.2. The van der Waals surface area contributed by atoms with Crippen molar-refractivity contribution in [2.24, 2.45) is 5.92 Å². The van der Waals surface area contributed by atoms with Crippen LogP contribution in [0.3, 0.4) is 0 Å². The molecule has 0 fully saturated rings. The first-order valence-electron chi connectivity index (χ1n) is 9.06. The molecular formula is C20H27N3O2. The van der Waals surface area contributed by atoms with Crippen LogP contribution in [0.25, 0.3) is 0 Å². The molecule has 1 aliphatic heterocycles. The number of aryl methyl sites for hydroxylation is 2. The molecule has 134 valence electrons. The van der Waals surface area contributed by atoms with E-state index in [1.807, 2.05) is 36.5 Å². The average molecular weight is 341 g/mol. The van der Waals surface area contributed by atoms with Gasteiger partial charge in [-0.1, -0.05) is 24.3 Å². The van der Waals surface area contributed by atoms with Gasteiger partial charge in [-0.2, -0.15) is 0 Å². The molecular weight excluding hydrogens is 314 g/mol. The summed E-state index contributed by atoms with van der Waals surface area (Å²) in [6.45, 7) is 7.72. The smallest absolute Gasteiger partial charge is 0.223 e. The van der Waals surface area contributed by atoms with Gasteiger partial charge >= 0.3 is 0 Å². The SMILES string of the molecule is CCOC[C@@H]1CN(C(=O)CCc2ccccc2C)Cc2cncn2C1. The lowest BCUT2D eigenvalue weighted by atomic mass is 10.0. The minimum absolute atomic E-state index is 0.208. The maximum absolute atomic E-state index is 12.8. The zero-order valence-electron chi connectivity index (χ0n) is 15.1. The summed E-state index contributed by atoms with van der Waals surface area (Å²) in [4.78, 5) is 19.1. The Labute approximate surface area is 149 Å². The second-order valence-electron chi connectivity index (χ2n) is 6.76. The molecule has 1 aromatic heterocycles. The van der Waals surface area contributed by atoms with E-state index in [4.69, 9.17) is 4.74 Å². The fourth-order valence-electron chi connectivity index (χ4n) is 3.42. The molecule has 1 aromatic carbocycles. The zero-order chi connectivity index (χ0) is 17.6. The Balaban J connectivity index is 1.66. The number of hydrogen-bond donors (Lipinski definition) is 0. The van der Waals surface area contributed by atoms with Crippen LogP contribution < -0.4 is 0 Å². The van der Waals surface area contributed by atoms with Crippen molar-refractivity contribution in [1.82, 2.24) is 14.5 Å². The second kappa shape index (κ2) is 8.30. The molecule has 2 aromatic rings. The van der Waals surface area contributed by atoms with Gasteiger partial charge in [-0.15, -0.1) is 0 Å². The van der Waals surface area contributed by atoms with Crippen molar-refractivity contribution >= 4 is 5.91 Å². The highest BCUT2D eigenvalue weighted by Crippen LogP contribution is 2.18. The van der Waals surface area contributed by atoms with E-state index in [1.165, 1.54) is 11.1 Å². The largest absolute Gasteiger partial charge is 0.381 e. The molecule has 0 radical (unpaired) electrons. The number of nitrogens with zero attached hydrogens (tertiary/aromatic N) is 3. The topological polar surface area (TPSA) is 47.4 Å². The van der Waals surface area contributed by atoms with Gasteiger partial charge in [0.15, 0.2) is 0 Å². The van der Waals surface area contributed by atoms with Crippen LogP contribution in [-0.4, -0.2) is 40.1 Å². The lowest BCUT2D eigenvalue weighted by Crippen LogP contribution is -2.35. The van der Waals surface area contributed by atoms with Crippen molar-refractivity contribution in [1.29, 1.82) is 0 Å². The highest BCUT2D eigenvalue weighted by Gasteiger charge is 2.25. The molecule has 3 rings (SSSR count). The predicted octanol–water partition coefficient (Wildman–Crippen LogP) is 2.82. The molecule has 0 N–H and O–H groups in total. The van der Waals surface area contributed by atoms with Crippen LogP contribution >= 0.6 is 0 Å². The first kappa shape index (κ1) is 17.7. The number of benzene rings is 1. The maximum Gasteiger partial charge on any atom is 0.223 e. The van der Waals surface area contributed by atoms with Gasteiger partial charge in [-0.25, -0.2) is 4.98 Å². The number of hydrogen-bond acceptors (Lipinski definition) is 3. The van der Waals surface area contributed by atoms with E-state index in [2.05, 4.69) is 28.6 Å². The zero-order valence-corrected chi connectivity index (χ0v) is 15.1. The summed E-state index contributed by atoms with van der Waals surface area (Å²) in [6.07, 6.45) is 5.05. The minimum atomic E-state index is 0.208. The van der Waals surface area contributed by atoms with Gasteiger partial charge in [-0.3, -0.25) is 4.79 Å². The number of carbonyl (C=O) groups excluding carboxylic acids is 1. The molecule has 5 heteroatoms. The summed E-state index contributed by atoms with van der Waals surface area (Å²) in [5.41, 5.74) is 3.60. The monoisotopic (exact) mass is 341 g/mol. The molecule has 0 bridgehead atoms. The average Bonchev–Trinajstić information content (AvgIpc) is 2.97. The van der Waals surface area contributed by atoms with Gasteiger partial charge in [-0.05, 0) is 31.4 Å². The summed E-state index contributed by atoms with van der Waals surface area (Å²) in [7, 11) is 0. The molecule has 1 atom stereocenters. The first-order valence-corrected chi connectivity index (χ1v) is 9.06. The van der Waals surface area contributed by atoms with E-state index in [9.17, 15) is 4.79 Å². The molecule has 0 aliphatic carbocycles. The Morgan fingerprint density at radius 2 is 2.16 bits per heavy atom. The molecule has 5 nitrogen and oxygen atoms in total.